The number of nitrogens with one attached hydrogen (secondary N) is 2. The molecule has 24 heavy (non-hydrogen) atoms. The first-order chi connectivity index (χ1) is 11.7. The molecule has 0 aromatic heterocycles. The first kappa shape index (κ1) is 17.9. The fourth-order valence-corrected chi connectivity index (χ4v) is 2.51. The molecule has 2 aromatic carbocycles. The van der Waals surface area contributed by atoms with Crippen LogP contribution in [0.15, 0.2) is 48.5 Å². The van der Waals surface area contributed by atoms with Gasteiger partial charge in [0.25, 0.3) is 0 Å². The van der Waals surface area contributed by atoms with Gasteiger partial charge in [-0.25, -0.2) is 0 Å². The standard InChI is InChI=1S/C20H27N3O/c1-2-3-4-8-11-20(24)23-19-13-12-17(14-18(19)21)22-15-16-9-6-5-7-10-16/h5-7,9-10,12-14,22H,2-4,8,11,15,21H2,1H3,(H,23,24). The van der Waals surface area contributed by atoms with Crippen molar-refractivity contribution >= 4 is 23.0 Å². The lowest BCUT2D eigenvalue weighted by molar-refractivity contribution is -0.116. The lowest BCUT2D eigenvalue weighted by atomic mass is 10.1. The minimum atomic E-state index is 0.0304. The highest BCUT2D eigenvalue weighted by atomic mass is 16.1. The van der Waals surface area contributed by atoms with E-state index in [1.54, 1.807) is 0 Å². The second-order valence-electron chi connectivity index (χ2n) is 6.00. The number of rotatable bonds is 9. The van der Waals surface area contributed by atoms with Crippen LogP contribution in [0.1, 0.15) is 44.6 Å². The minimum absolute atomic E-state index is 0.0304. The third-order valence-corrected chi connectivity index (χ3v) is 3.92. The van der Waals surface area contributed by atoms with E-state index in [1.165, 1.54) is 18.4 Å². The van der Waals surface area contributed by atoms with Crippen molar-refractivity contribution in [2.75, 3.05) is 16.4 Å². The Kier molecular flexibility index (Phi) is 7.15. The lowest BCUT2D eigenvalue weighted by Crippen LogP contribution is -2.12. The van der Waals surface area contributed by atoms with E-state index in [0.717, 1.165) is 25.1 Å². The second-order valence-corrected chi connectivity index (χ2v) is 6.00. The minimum Gasteiger partial charge on any atom is -0.397 e. The summed E-state index contributed by atoms with van der Waals surface area (Å²) in [5, 5.41) is 6.23. The Morgan fingerprint density at radius 1 is 1.04 bits per heavy atom. The highest BCUT2D eigenvalue weighted by molar-refractivity contribution is 5.94. The van der Waals surface area contributed by atoms with E-state index in [4.69, 9.17) is 5.73 Å². The highest BCUT2D eigenvalue weighted by Crippen LogP contribution is 2.23. The summed E-state index contributed by atoms with van der Waals surface area (Å²) in [6.07, 6.45) is 4.93. The molecule has 0 unspecified atom stereocenters. The van der Waals surface area contributed by atoms with E-state index in [0.29, 0.717) is 17.8 Å². The SMILES string of the molecule is CCCCCCC(=O)Nc1ccc(NCc2ccccc2)cc1N. The van der Waals surface area contributed by atoms with Gasteiger partial charge < -0.3 is 16.4 Å². The molecule has 0 aliphatic carbocycles. The van der Waals surface area contributed by atoms with Crippen molar-refractivity contribution in [1.82, 2.24) is 0 Å². The molecule has 0 atom stereocenters. The molecule has 4 nitrogen and oxygen atoms in total. The molecular formula is C20H27N3O. The van der Waals surface area contributed by atoms with Crippen LogP contribution in [0.2, 0.25) is 0 Å². The van der Waals surface area contributed by atoms with Crippen LogP contribution < -0.4 is 16.4 Å². The maximum Gasteiger partial charge on any atom is 0.224 e. The van der Waals surface area contributed by atoms with Gasteiger partial charge in [-0.2, -0.15) is 0 Å². The molecule has 4 N–H and O–H groups in total. The van der Waals surface area contributed by atoms with Gasteiger partial charge in [-0.05, 0) is 30.2 Å². The number of nitrogen functional groups attached to an aromatic ring is 1. The molecule has 0 saturated heterocycles. The van der Waals surface area contributed by atoms with Crippen LogP contribution in [0.3, 0.4) is 0 Å². The number of carbonyl (C=O) groups is 1. The summed E-state index contributed by atoms with van der Waals surface area (Å²) >= 11 is 0. The third kappa shape index (κ3) is 5.95. The molecule has 2 rings (SSSR count). The molecule has 0 saturated carbocycles. The molecule has 0 aliphatic heterocycles. The lowest BCUT2D eigenvalue weighted by Gasteiger charge is -2.12. The molecule has 1 amide bonds. The smallest absolute Gasteiger partial charge is 0.224 e. The van der Waals surface area contributed by atoms with E-state index >= 15 is 0 Å². The van der Waals surface area contributed by atoms with Crippen LogP contribution in [0.4, 0.5) is 17.1 Å². The third-order valence-electron chi connectivity index (χ3n) is 3.92. The molecule has 0 aliphatic rings. The fraction of sp³-hybridized carbons (Fsp3) is 0.350. The van der Waals surface area contributed by atoms with Gasteiger partial charge in [-0.1, -0.05) is 56.5 Å². The fourth-order valence-electron chi connectivity index (χ4n) is 2.51. The number of hydrogen-bond donors (Lipinski definition) is 3. The van der Waals surface area contributed by atoms with Gasteiger partial charge in [0.2, 0.25) is 5.91 Å². The van der Waals surface area contributed by atoms with Crippen molar-refractivity contribution in [2.45, 2.75) is 45.6 Å². The Morgan fingerprint density at radius 2 is 1.83 bits per heavy atom. The van der Waals surface area contributed by atoms with Crippen LogP contribution in [0.25, 0.3) is 0 Å². The van der Waals surface area contributed by atoms with Gasteiger partial charge >= 0.3 is 0 Å². The Balaban J connectivity index is 1.84. The number of carbonyl (C=O) groups excluding carboxylic acids is 1. The number of amides is 1. The summed E-state index contributed by atoms with van der Waals surface area (Å²) < 4.78 is 0. The summed E-state index contributed by atoms with van der Waals surface area (Å²) in [5.41, 5.74) is 9.47. The molecule has 4 heteroatoms. The second kappa shape index (κ2) is 9.60. The van der Waals surface area contributed by atoms with Gasteiger partial charge in [0, 0.05) is 18.7 Å². The van der Waals surface area contributed by atoms with Gasteiger partial charge in [0.05, 0.1) is 11.4 Å². The number of nitrogens with two attached hydrogens (primary N) is 1. The zero-order valence-electron chi connectivity index (χ0n) is 14.3. The zero-order chi connectivity index (χ0) is 17.2. The van der Waals surface area contributed by atoms with Gasteiger partial charge in [-0.15, -0.1) is 0 Å². The van der Waals surface area contributed by atoms with Crippen LogP contribution in [-0.4, -0.2) is 5.91 Å². The van der Waals surface area contributed by atoms with Crippen LogP contribution in [-0.2, 0) is 11.3 Å². The largest absolute Gasteiger partial charge is 0.397 e. The molecule has 0 fully saturated rings. The predicted molar refractivity (Wildman–Crippen MR) is 102 cm³/mol. The molecule has 0 spiro atoms. The molecule has 0 radical (unpaired) electrons. The molecule has 0 bridgehead atoms. The van der Waals surface area contributed by atoms with Gasteiger partial charge in [-0.3, -0.25) is 4.79 Å². The first-order valence-electron chi connectivity index (χ1n) is 8.66. The average molecular weight is 325 g/mol. The van der Waals surface area contributed by atoms with Crippen molar-refractivity contribution in [3.63, 3.8) is 0 Å². The van der Waals surface area contributed by atoms with Crippen molar-refractivity contribution in [1.29, 1.82) is 0 Å². The molecule has 0 heterocycles. The van der Waals surface area contributed by atoms with E-state index < -0.39 is 0 Å². The van der Waals surface area contributed by atoms with Crippen LogP contribution >= 0.6 is 0 Å². The van der Waals surface area contributed by atoms with Crippen molar-refractivity contribution in [2.24, 2.45) is 0 Å². The Morgan fingerprint density at radius 3 is 2.54 bits per heavy atom. The van der Waals surface area contributed by atoms with Crippen molar-refractivity contribution in [3.8, 4) is 0 Å². The predicted octanol–water partition coefficient (Wildman–Crippen LogP) is 4.79. The van der Waals surface area contributed by atoms with Crippen molar-refractivity contribution < 1.29 is 4.79 Å². The number of benzene rings is 2. The van der Waals surface area contributed by atoms with Gasteiger partial charge in [0.15, 0.2) is 0 Å². The van der Waals surface area contributed by atoms with Crippen molar-refractivity contribution in [3.05, 3.63) is 54.1 Å². The molecular weight excluding hydrogens is 298 g/mol. The van der Waals surface area contributed by atoms with Crippen LogP contribution in [0.5, 0.6) is 0 Å². The molecule has 2 aromatic rings. The van der Waals surface area contributed by atoms with E-state index in [-0.39, 0.29) is 5.91 Å². The summed E-state index contributed by atoms with van der Waals surface area (Å²) in [4.78, 5) is 11.9. The molecule has 128 valence electrons. The highest BCUT2D eigenvalue weighted by Gasteiger charge is 2.06. The average Bonchev–Trinajstić information content (AvgIpc) is 2.60. The zero-order valence-corrected chi connectivity index (χ0v) is 14.3. The maximum atomic E-state index is 11.9. The van der Waals surface area contributed by atoms with E-state index in [2.05, 4.69) is 29.7 Å². The van der Waals surface area contributed by atoms with Crippen LogP contribution in [0, 0.1) is 0 Å². The normalized spacial score (nSPS) is 10.4. The van der Waals surface area contributed by atoms with E-state index in [1.807, 2.05) is 36.4 Å². The Hall–Kier alpha value is -2.49. The number of hydrogen-bond acceptors (Lipinski definition) is 3. The topological polar surface area (TPSA) is 67.2 Å². The summed E-state index contributed by atoms with van der Waals surface area (Å²) in [7, 11) is 0. The first-order valence-corrected chi connectivity index (χ1v) is 8.66. The summed E-state index contributed by atoms with van der Waals surface area (Å²) in [6.45, 7) is 2.90. The monoisotopic (exact) mass is 325 g/mol. The quantitative estimate of drug-likeness (QED) is 0.459. The summed E-state index contributed by atoms with van der Waals surface area (Å²) in [5.74, 6) is 0.0304. The Labute approximate surface area is 144 Å². The van der Waals surface area contributed by atoms with Gasteiger partial charge in [0.1, 0.15) is 0 Å². The number of unbranched alkanes of at least 4 members (excludes halogenated alkanes) is 3. The maximum absolute atomic E-state index is 11.9. The summed E-state index contributed by atoms with van der Waals surface area (Å²) in [6, 6.07) is 15.8. The number of anilines is 3. The van der Waals surface area contributed by atoms with E-state index in [9.17, 15) is 4.79 Å². The Bertz CT molecular complexity index is 641.